The van der Waals surface area contributed by atoms with Crippen LogP contribution in [0.25, 0.3) is 11.0 Å². The third kappa shape index (κ3) is 2.96. The number of carbonyl (C=O) groups excluding carboxylic acids is 1. The summed E-state index contributed by atoms with van der Waals surface area (Å²) in [6.07, 6.45) is 0.916. The molecule has 0 saturated carbocycles. The maximum Gasteiger partial charge on any atom is 0.240 e. The summed E-state index contributed by atoms with van der Waals surface area (Å²) in [5, 5.41) is 2.84. The average molecular weight is 279 g/mol. The summed E-state index contributed by atoms with van der Waals surface area (Å²) in [5.41, 5.74) is 1.77. The summed E-state index contributed by atoms with van der Waals surface area (Å²) in [5.74, 6) is 0.700. The molecule has 0 bridgehead atoms. The summed E-state index contributed by atoms with van der Waals surface area (Å²) in [4.78, 5) is 14.9. The number of hydrogen-bond donors (Lipinski definition) is 2. The summed E-state index contributed by atoms with van der Waals surface area (Å²) in [6, 6.07) is 5.62. The fraction of sp³-hybridized carbons (Fsp3) is 0.385. The number of carbonyl (C=O) groups is 1. The lowest BCUT2D eigenvalue weighted by Crippen LogP contribution is -2.28. The normalized spacial score (nSPS) is 10.6. The van der Waals surface area contributed by atoms with Crippen LogP contribution in [-0.4, -0.2) is 29.1 Å². The Balaban J connectivity index is 2.33. The second-order valence-corrected chi connectivity index (χ2v) is 4.64. The molecule has 2 aromatic rings. The molecule has 0 aliphatic carbocycles. The molecule has 0 spiro atoms. The number of aromatic nitrogens is 2. The van der Waals surface area contributed by atoms with Gasteiger partial charge in [0.25, 0.3) is 0 Å². The van der Waals surface area contributed by atoms with Gasteiger partial charge in [-0.2, -0.15) is 0 Å². The number of benzene rings is 1. The van der Waals surface area contributed by atoms with Gasteiger partial charge in [-0.15, -0.1) is 0 Å². The summed E-state index contributed by atoms with van der Waals surface area (Å²) >= 11 is 5.25. The number of hydrogen-bond acceptors (Lipinski definition) is 3. The van der Waals surface area contributed by atoms with Crippen LogP contribution in [0.15, 0.2) is 18.2 Å². The SMILES string of the molecule is CCCNC(=O)Cn1c(=S)[nH]c2ccc(OC)cc21. The Kier molecular flexibility index (Phi) is 4.21. The van der Waals surface area contributed by atoms with Gasteiger partial charge in [0, 0.05) is 12.6 Å². The minimum atomic E-state index is -0.0401. The molecule has 0 unspecified atom stereocenters. The van der Waals surface area contributed by atoms with Gasteiger partial charge in [0.1, 0.15) is 12.3 Å². The van der Waals surface area contributed by atoms with E-state index in [9.17, 15) is 4.79 Å². The van der Waals surface area contributed by atoms with E-state index >= 15 is 0 Å². The highest BCUT2D eigenvalue weighted by Crippen LogP contribution is 2.20. The highest BCUT2D eigenvalue weighted by Gasteiger charge is 2.09. The molecule has 2 rings (SSSR count). The van der Waals surface area contributed by atoms with E-state index in [1.54, 1.807) is 11.7 Å². The number of aromatic amines is 1. The van der Waals surface area contributed by atoms with E-state index in [0.29, 0.717) is 11.3 Å². The largest absolute Gasteiger partial charge is 0.497 e. The number of nitrogens with one attached hydrogen (secondary N) is 2. The fourth-order valence-corrected chi connectivity index (χ4v) is 2.15. The summed E-state index contributed by atoms with van der Waals surface area (Å²) in [7, 11) is 1.61. The number of imidazole rings is 1. The van der Waals surface area contributed by atoms with Crippen LogP contribution >= 0.6 is 12.2 Å². The van der Waals surface area contributed by atoms with Crippen molar-refractivity contribution in [3.63, 3.8) is 0 Å². The highest BCUT2D eigenvalue weighted by molar-refractivity contribution is 7.71. The number of fused-ring (bicyclic) bond motifs is 1. The van der Waals surface area contributed by atoms with Crippen LogP contribution in [-0.2, 0) is 11.3 Å². The number of methoxy groups -OCH3 is 1. The second kappa shape index (κ2) is 5.88. The van der Waals surface area contributed by atoms with Gasteiger partial charge in [-0.25, -0.2) is 0 Å². The van der Waals surface area contributed by atoms with Crippen LogP contribution in [0.4, 0.5) is 0 Å². The molecule has 0 aliphatic rings. The summed E-state index contributed by atoms with van der Waals surface area (Å²) in [6.45, 7) is 2.91. The smallest absolute Gasteiger partial charge is 0.240 e. The Hall–Kier alpha value is -1.82. The number of rotatable bonds is 5. The third-order valence-electron chi connectivity index (χ3n) is 2.86. The molecule has 0 saturated heterocycles. The topological polar surface area (TPSA) is 59.0 Å². The highest BCUT2D eigenvalue weighted by atomic mass is 32.1. The van der Waals surface area contributed by atoms with Gasteiger partial charge in [0.2, 0.25) is 5.91 Å². The van der Waals surface area contributed by atoms with Crippen molar-refractivity contribution in [1.82, 2.24) is 14.9 Å². The molecule has 0 aliphatic heterocycles. The van der Waals surface area contributed by atoms with Crippen LogP contribution in [0.2, 0.25) is 0 Å². The van der Waals surface area contributed by atoms with E-state index in [1.165, 1.54) is 0 Å². The van der Waals surface area contributed by atoms with E-state index < -0.39 is 0 Å². The molecule has 0 fully saturated rings. The van der Waals surface area contributed by atoms with E-state index in [0.717, 1.165) is 23.2 Å². The van der Waals surface area contributed by atoms with Crippen molar-refractivity contribution in [3.8, 4) is 5.75 Å². The van der Waals surface area contributed by atoms with E-state index in [2.05, 4.69) is 10.3 Å². The first kappa shape index (κ1) is 13.6. The van der Waals surface area contributed by atoms with Gasteiger partial charge >= 0.3 is 0 Å². The zero-order valence-corrected chi connectivity index (χ0v) is 11.8. The minimum Gasteiger partial charge on any atom is -0.497 e. The number of amides is 1. The van der Waals surface area contributed by atoms with Crippen molar-refractivity contribution < 1.29 is 9.53 Å². The molecule has 1 aromatic carbocycles. The molecular formula is C13H17N3O2S. The first-order chi connectivity index (χ1) is 9.15. The average Bonchev–Trinajstić information content (AvgIpc) is 2.72. The van der Waals surface area contributed by atoms with Crippen LogP contribution in [0.1, 0.15) is 13.3 Å². The van der Waals surface area contributed by atoms with Gasteiger partial charge < -0.3 is 19.6 Å². The van der Waals surface area contributed by atoms with Crippen molar-refractivity contribution in [1.29, 1.82) is 0 Å². The lowest BCUT2D eigenvalue weighted by molar-refractivity contribution is -0.121. The molecular weight excluding hydrogens is 262 g/mol. The quantitative estimate of drug-likeness (QED) is 0.825. The molecule has 6 heteroatoms. The Bertz CT molecular complexity index is 645. The van der Waals surface area contributed by atoms with E-state index in [4.69, 9.17) is 17.0 Å². The first-order valence-corrected chi connectivity index (χ1v) is 6.59. The third-order valence-corrected chi connectivity index (χ3v) is 3.18. The van der Waals surface area contributed by atoms with Crippen molar-refractivity contribution in [2.45, 2.75) is 19.9 Å². The Labute approximate surface area is 116 Å². The predicted molar refractivity (Wildman–Crippen MR) is 77.0 cm³/mol. The summed E-state index contributed by atoms with van der Waals surface area (Å²) < 4.78 is 7.51. The van der Waals surface area contributed by atoms with E-state index in [1.807, 2.05) is 25.1 Å². The van der Waals surface area contributed by atoms with Crippen LogP contribution in [0, 0.1) is 4.77 Å². The van der Waals surface area contributed by atoms with Gasteiger partial charge in [-0.3, -0.25) is 4.79 Å². The molecule has 1 heterocycles. The minimum absolute atomic E-state index is 0.0401. The van der Waals surface area contributed by atoms with Crippen molar-refractivity contribution in [2.24, 2.45) is 0 Å². The Morgan fingerprint density at radius 2 is 2.32 bits per heavy atom. The fourth-order valence-electron chi connectivity index (χ4n) is 1.88. The van der Waals surface area contributed by atoms with Gasteiger partial charge in [-0.05, 0) is 30.8 Å². The molecule has 1 amide bonds. The van der Waals surface area contributed by atoms with Crippen LogP contribution < -0.4 is 10.1 Å². The van der Waals surface area contributed by atoms with Gasteiger partial charge in [0.05, 0.1) is 18.1 Å². The number of ether oxygens (including phenoxy) is 1. The second-order valence-electron chi connectivity index (χ2n) is 4.25. The molecule has 0 radical (unpaired) electrons. The molecule has 1 aromatic heterocycles. The standard InChI is InChI=1S/C13H17N3O2S/c1-3-6-14-12(17)8-16-11-7-9(18-2)4-5-10(11)15-13(16)19/h4-5,7H,3,6,8H2,1-2H3,(H,14,17)(H,15,19). The first-order valence-electron chi connectivity index (χ1n) is 6.19. The molecule has 0 atom stereocenters. The Morgan fingerprint density at radius 3 is 3.00 bits per heavy atom. The van der Waals surface area contributed by atoms with Gasteiger partial charge in [-0.1, -0.05) is 6.92 Å². The maximum atomic E-state index is 11.8. The molecule has 2 N–H and O–H groups in total. The van der Waals surface area contributed by atoms with Crippen molar-refractivity contribution in [2.75, 3.05) is 13.7 Å². The van der Waals surface area contributed by atoms with Crippen molar-refractivity contribution in [3.05, 3.63) is 23.0 Å². The Morgan fingerprint density at radius 1 is 1.53 bits per heavy atom. The lowest BCUT2D eigenvalue weighted by atomic mass is 10.3. The number of nitrogens with zero attached hydrogens (tertiary/aromatic N) is 1. The maximum absolute atomic E-state index is 11.8. The van der Waals surface area contributed by atoms with Crippen molar-refractivity contribution >= 4 is 29.2 Å². The van der Waals surface area contributed by atoms with Gasteiger partial charge in [0.15, 0.2) is 4.77 Å². The lowest BCUT2D eigenvalue weighted by Gasteiger charge is -2.06. The monoisotopic (exact) mass is 279 g/mol. The van der Waals surface area contributed by atoms with E-state index in [-0.39, 0.29) is 12.5 Å². The zero-order chi connectivity index (χ0) is 13.8. The zero-order valence-electron chi connectivity index (χ0n) is 11.0. The van der Waals surface area contributed by atoms with Crippen LogP contribution in [0.5, 0.6) is 5.75 Å². The van der Waals surface area contributed by atoms with Crippen LogP contribution in [0.3, 0.4) is 0 Å². The number of H-pyrrole nitrogens is 1. The molecule has 19 heavy (non-hydrogen) atoms. The molecule has 102 valence electrons. The molecule has 5 nitrogen and oxygen atoms in total. The predicted octanol–water partition coefficient (Wildman–Crippen LogP) is 2.23.